The molecular weight excluding hydrogens is 236 g/mol. The third-order valence-corrected chi connectivity index (χ3v) is 1.87. The molecule has 102 valence electrons. The molecule has 0 aliphatic heterocycles. The van der Waals surface area contributed by atoms with Crippen molar-refractivity contribution in [3.05, 3.63) is 30.3 Å². The Morgan fingerprint density at radius 2 is 1.42 bits per heavy atom. The van der Waals surface area contributed by atoms with Gasteiger partial charge in [-0.1, -0.05) is 43.9 Å². The highest BCUT2D eigenvalue weighted by Gasteiger charge is 1.85. The fraction of sp³-hybridized carbons (Fsp3) is 0.412. The van der Waals surface area contributed by atoms with Crippen LogP contribution in [0.3, 0.4) is 0 Å². The van der Waals surface area contributed by atoms with Gasteiger partial charge in [0.25, 0.3) is 0 Å². The second kappa shape index (κ2) is 14.2. The lowest BCUT2D eigenvalue weighted by molar-refractivity contribution is 0.239. The van der Waals surface area contributed by atoms with E-state index in [0.29, 0.717) is 13.2 Å². The molecule has 0 saturated carbocycles. The Morgan fingerprint density at radius 3 is 1.95 bits per heavy atom. The molecule has 1 aromatic carbocycles. The second-order valence-electron chi connectivity index (χ2n) is 3.45. The Labute approximate surface area is 117 Å². The number of rotatable bonds is 3. The number of benzene rings is 1. The van der Waals surface area contributed by atoms with Crippen LogP contribution in [0.25, 0.3) is 0 Å². The van der Waals surface area contributed by atoms with Crippen molar-refractivity contribution in [2.75, 3.05) is 20.3 Å². The van der Waals surface area contributed by atoms with Crippen molar-refractivity contribution < 1.29 is 9.47 Å². The molecule has 2 nitrogen and oxygen atoms in total. The third kappa shape index (κ3) is 12.3. The molecule has 0 unspecified atom stereocenters. The summed E-state index contributed by atoms with van der Waals surface area (Å²) in [5.74, 6) is 12.4. The van der Waals surface area contributed by atoms with Crippen LogP contribution in [0.1, 0.15) is 26.7 Å². The average molecular weight is 258 g/mol. The standard InChI is InChI=1S/C11H12O.C6H10O/c1-2-3-7-10-12-11-8-5-4-6-9-11;1-3-4-5-6-7-2/h4-6,8-9H,2,10H2,1H3;3,6H2,1-2H3. The number of para-hydroxylation sites is 1. The summed E-state index contributed by atoms with van der Waals surface area (Å²) in [4.78, 5) is 0. The van der Waals surface area contributed by atoms with E-state index < -0.39 is 0 Å². The van der Waals surface area contributed by atoms with Crippen LogP contribution in [0, 0.1) is 23.7 Å². The van der Waals surface area contributed by atoms with Crippen molar-refractivity contribution in [2.24, 2.45) is 0 Å². The largest absolute Gasteiger partial charge is 0.481 e. The van der Waals surface area contributed by atoms with Gasteiger partial charge < -0.3 is 9.47 Å². The maximum absolute atomic E-state index is 5.33. The zero-order valence-electron chi connectivity index (χ0n) is 12.0. The predicted octanol–water partition coefficient (Wildman–Crippen LogP) is 3.53. The van der Waals surface area contributed by atoms with Crippen molar-refractivity contribution in [3.8, 4) is 29.4 Å². The molecule has 0 spiro atoms. The van der Waals surface area contributed by atoms with Gasteiger partial charge in [-0.15, -0.1) is 11.8 Å². The molecule has 0 amide bonds. The Hall–Kier alpha value is -1.90. The van der Waals surface area contributed by atoms with E-state index in [1.165, 1.54) is 0 Å². The van der Waals surface area contributed by atoms with E-state index in [2.05, 4.69) is 28.4 Å². The summed E-state index contributed by atoms with van der Waals surface area (Å²) in [7, 11) is 1.64. The van der Waals surface area contributed by atoms with Gasteiger partial charge in [-0.2, -0.15) is 0 Å². The van der Waals surface area contributed by atoms with E-state index in [9.17, 15) is 0 Å². The molecular formula is C17H22O2. The Morgan fingerprint density at radius 1 is 0.842 bits per heavy atom. The van der Waals surface area contributed by atoms with Crippen molar-refractivity contribution >= 4 is 0 Å². The lowest BCUT2D eigenvalue weighted by Gasteiger charge is -1.99. The molecule has 0 aliphatic rings. The summed E-state index contributed by atoms with van der Waals surface area (Å²) in [6.45, 7) is 5.09. The summed E-state index contributed by atoms with van der Waals surface area (Å²) in [5, 5.41) is 0. The van der Waals surface area contributed by atoms with Crippen LogP contribution < -0.4 is 4.74 Å². The van der Waals surface area contributed by atoms with Gasteiger partial charge in [0, 0.05) is 20.0 Å². The SMILES string of the molecule is CCC#CCOC.CCC#CCOc1ccccc1. The van der Waals surface area contributed by atoms with Gasteiger partial charge in [-0.3, -0.25) is 0 Å². The fourth-order valence-corrected chi connectivity index (χ4v) is 1.06. The minimum atomic E-state index is 0.484. The van der Waals surface area contributed by atoms with E-state index >= 15 is 0 Å². The summed E-state index contributed by atoms with van der Waals surface area (Å²) in [6, 6.07) is 9.71. The van der Waals surface area contributed by atoms with Crippen molar-refractivity contribution in [2.45, 2.75) is 26.7 Å². The minimum Gasteiger partial charge on any atom is -0.481 e. The van der Waals surface area contributed by atoms with Gasteiger partial charge in [0.2, 0.25) is 0 Å². The Balaban J connectivity index is 0.000000399. The molecule has 2 heteroatoms. The van der Waals surface area contributed by atoms with E-state index in [0.717, 1.165) is 18.6 Å². The lowest BCUT2D eigenvalue weighted by atomic mass is 10.3. The van der Waals surface area contributed by atoms with Gasteiger partial charge >= 0.3 is 0 Å². The highest BCUT2D eigenvalue weighted by Crippen LogP contribution is 2.07. The van der Waals surface area contributed by atoms with E-state index in [-0.39, 0.29) is 0 Å². The second-order valence-corrected chi connectivity index (χ2v) is 3.45. The molecule has 0 atom stereocenters. The number of ether oxygens (including phenoxy) is 2. The molecule has 0 aliphatic carbocycles. The molecule has 0 radical (unpaired) electrons. The maximum atomic E-state index is 5.33. The minimum absolute atomic E-state index is 0.484. The highest BCUT2D eigenvalue weighted by molar-refractivity contribution is 5.21. The monoisotopic (exact) mass is 258 g/mol. The average Bonchev–Trinajstić information content (AvgIpc) is 2.46. The van der Waals surface area contributed by atoms with Crippen LogP contribution in [0.5, 0.6) is 5.75 Å². The first-order valence-corrected chi connectivity index (χ1v) is 6.43. The zero-order chi connectivity index (χ0) is 14.2. The van der Waals surface area contributed by atoms with Crippen LogP contribution in [0.2, 0.25) is 0 Å². The smallest absolute Gasteiger partial charge is 0.149 e. The molecule has 0 saturated heterocycles. The molecule has 0 fully saturated rings. The molecule has 1 rings (SSSR count). The first kappa shape index (κ1) is 17.1. The molecule has 0 aromatic heterocycles. The van der Waals surface area contributed by atoms with Crippen molar-refractivity contribution in [3.63, 3.8) is 0 Å². The summed E-state index contributed by atoms with van der Waals surface area (Å²) in [5.41, 5.74) is 0. The molecule has 0 N–H and O–H groups in total. The summed E-state index contributed by atoms with van der Waals surface area (Å²) in [6.07, 6.45) is 1.81. The normalized spacial score (nSPS) is 7.95. The fourth-order valence-electron chi connectivity index (χ4n) is 1.06. The number of hydrogen-bond acceptors (Lipinski definition) is 2. The van der Waals surface area contributed by atoms with Gasteiger partial charge in [0.15, 0.2) is 0 Å². The van der Waals surface area contributed by atoms with Crippen LogP contribution in [0.15, 0.2) is 30.3 Å². The van der Waals surface area contributed by atoms with Crippen LogP contribution in [-0.2, 0) is 4.74 Å². The maximum Gasteiger partial charge on any atom is 0.149 e. The number of methoxy groups -OCH3 is 1. The molecule has 0 bridgehead atoms. The Bertz CT molecular complexity index is 415. The topological polar surface area (TPSA) is 18.5 Å². The number of hydrogen-bond donors (Lipinski definition) is 0. The Kier molecular flexibility index (Phi) is 12.7. The van der Waals surface area contributed by atoms with E-state index in [1.54, 1.807) is 7.11 Å². The quantitative estimate of drug-likeness (QED) is 0.772. The highest BCUT2D eigenvalue weighted by atomic mass is 16.5. The molecule has 19 heavy (non-hydrogen) atoms. The van der Waals surface area contributed by atoms with E-state index in [4.69, 9.17) is 4.74 Å². The lowest BCUT2D eigenvalue weighted by Crippen LogP contribution is -1.92. The van der Waals surface area contributed by atoms with Crippen LogP contribution in [-0.4, -0.2) is 20.3 Å². The van der Waals surface area contributed by atoms with Crippen LogP contribution >= 0.6 is 0 Å². The van der Waals surface area contributed by atoms with Crippen molar-refractivity contribution in [1.82, 2.24) is 0 Å². The first-order valence-electron chi connectivity index (χ1n) is 6.43. The van der Waals surface area contributed by atoms with Crippen LogP contribution in [0.4, 0.5) is 0 Å². The van der Waals surface area contributed by atoms with Gasteiger partial charge in [-0.05, 0) is 12.1 Å². The van der Waals surface area contributed by atoms with Gasteiger partial charge in [0.1, 0.15) is 19.0 Å². The zero-order valence-corrected chi connectivity index (χ0v) is 12.0. The van der Waals surface area contributed by atoms with E-state index in [1.807, 2.05) is 44.2 Å². The van der Waals surface area contributed by atoms with Gasteiger partial charge in [0.05, 0.1) is 0 Å². The summed E-state index contributed by atoms with van der Waals surface area (Å²) < 4.78 is 10.0. The molecule has 0 heterocycles. The predicted molar refractivity (Wildman–Crippen MR) is 79.9 cm³/mol. The van der Waals surface area contributed by atoms with Gasteiger partial charge in [-0.25, -0.2) is 0 Å². The first-order chi connectivity index (χ1) is 9.35. The van der Waals surface area contributed by atoms with Crippen molar-refractivity contribution in [1.29, 1.82) is 0 Å². The third-order valence-electron chi connectivity index (χ3n) is 1.87. The summed E-state index contributed by atoms with van der Waals surface area (Å²) >= 11 is 0. The molecule has 1 aromatic rings.